The molecule has 3 N–H and O–H groups in total. The molecule has 1 rings (SSSR count). The zero-order valence-corrected chi connectivity index (χ0v) is 10.3. The van der Waals surface area contributed by atoms with Crippen LogP contribution in [0.4, 0.5) is 10.5 Å². The van der Waals surface area contributed by atoms with E-state index in [2.05, 4.69) is 10.6 Å². The van der Waals surface area contributed by atoms with Gasteiger partial charge in [0.25, 0.3) is 5.69 Å². The van der Waals surface area contributed by atoms with Gasteiger partial charge in [-0.15, -0.1) is 0 Å². The van der Waals surface area contributed by atoms with Crippen LogP contribution in [-0.2, 0) is 11.3 Å². The third-order valence-corrected chi connectivity index (χ3v) is 2.31. The van der Waals surface area contributed by atoms with Gasteiger partial charge in [0, 0.05) is 11.1 Å². The number of nitro benzene ring substituents is 1. The lowest BCUT2D eigenvalue weighted by molar-refractivity contribution is -0.385. The maximum atomic E-state index is 11.2. The number of nitro groups is 1. The third kappa shape index (κ3) is 4.80. The predicted molar refractivity (Wildman–Crippen MR) is 66.0 cm³/mol. The summed E-state index contributed by atoms with van der Waals surface area (Å²) in [5.41, 5.74) is 0.0471. The van der Waals surface area contributed by atoms with E-state index in [0.29, 0.717) is 5.02 Å². The van der Waals surface area contributed by atoms with Crippen LogP contribution in [0.3, 0.4) is 0 Å². The number of hydrogen-bond acceptors (Lipinski definition) is 4. The summed E-state index contributed by atoms with van der Waals surface area (Å²) in [5, 5.41) is 23.8. The number of carbonyl (C=O) groups is 2. The molecular formula is C10H10ClN3O5. The molecule has 0 heterocycles. The van der Waals surface area contributed by atoms with E-state index in [4.69, 9.17) is 16.7 Å². The highest BCUT2D eigenvalue weighted by Crippen LogP contribution is 2.22. The number of carbonyl (C=O) groups excluding carboxylic acids is 1. The Kier molecular flexibility index (Phi) is 5.07. The Morgan fingerprint density at radius 3 is 2.63 bits per heavy atom. The molecule has 1 aromatic carbocycles. The molecule has 0 radical (unpaired) electrons. The van der Waals surface area contributed by atoms with Crippen LogP contribution < -0.4 is 10.6 Å². The zero-order valence-electron chi connectivity index (χ0n) is 9.55. The summed E-state index contributed by atoms with van der Waals surface area (Å²) in [6, 6.07) is 3.22. The first-order chi connectivity index (χ1) is 8.90. The number of rotatable bonds is 5. The van der Waals surface area contributed by atoms with Crippen LogP contribution >= 0.6 is 11.6 Å². The molecule has 102 valence electrons. The van der Waals surface area contributed by atoms with Crippen molar-refractivity contribution in [3.63, 3.8) is 0 Å². The van der Waals surface area contributed by atoms with E-state index in [1.165, 1.54) is 18.2 Å². The third-order valence-electron chi connectivity index (χ3n) is 2.08. The molecule has 0 saturated carbocycles. The summed E-state index contributed by atoms with van der Waals surface area (Å²) in [4.78, 5) is 31.6. The van der Waals surface area contributed by atoms with Gasteiger partial charge >= 0.3 is 12.0 Å². The quantitative estimate of drug-likeness (QED) is 0.553. The number of carboxylic acid groups (broad SMARTS) is 1. The maximum Gasteiger partial charge on any atom is 0.323 e. The smallest absolute Gasteiger partial charge is 0.323 e. The summed E-state index contributed by atoms with van der Waals surface area (Å²) in [6.45, 7) is -0.675. The molecule has 0 atom stereocenters. The van der Waals surface area contributed by atoms with Gasteiger partial charge in [0.05, 0.1) is 17.0 Å². The largest absolute Gasteiger partial charge is 0.480 e. The number of nitrogens with one attached hydrogen (secondary N) is 2. The molecule has 0 fully saturated rings. The summed E-state index contributed by atoms with van der Waals surface area (Å²) >= 11 is 5.71. The molecule has 19 heavy (non-hydrogen) atoms. The molecule has 1 aromatic rings. The summed E-state index contributed by atoms with van der Waals surface area (Å²) in [7, 11) is 0. The molecule has 0 unspecified atom stereocenters. The SMILES string of the molecule is O=C(O)CNC(=O)NCc1cc(Cl)ccc1[N+](=O)[O-]. The van der Waals surface area contributed by atoms with E-state index in [1.807, 2.05) is 0 Å². The van der Waals surface area contributed by atoms with Crippen LogP contribution in [0.25, 0.3) is 0 Å². The van der Waals surface area contributed by atoms with E-state index in [1.54, 1.807) is 0 Å². The molecular weight excluding hydrogens is 278 g/mol. The molecule has 0 spiro atoms. The number of benzene rings is 1. The van der Waals surface area contributed by atoms with E-state index in [-0.39, 0.29) is 17.8 Å². The van der Waals surface area contributed by atoms with Crippen molar-refractivity contribution in [3.8, 4) is 0 Å². The summed E-state index contributed by atoms with van der Waals surface area (Å²) in [6.07, 6.45) is 0. The lowest BCUT2D eigenvalue weighted by Gasteiger charge is -2.07. The Morgan fingerprint density at radius 1 is 1.37 bits per heavy atom. The van der Waals surface area contributed by atoms with Crippen LogP contribution in [-0.4, -0.2) is 28.6 Å². The second-order valence-electron chi connectivity index (χ2n) is 3.46. The fourth-order valence-corrected chi connectivity index (χ4v) is 1.46. The molecule has 0 bridgehead atoms. The van der Waals surface area contributed by atoms with E-state index in [9.17, 15) is 19.7 Å². The highest BCUT2D eigenvalue weighted by molar-refractivity contribution is 6.30. The average Bonchev–Trinajstić information content (AvgIpc) is 2.33. The predicted octanol–water partition coefficient (Wildman–Crippen LogP) is 1.13. The number of hydrogen-bond donors (Lipinski definition) is 3. The van der Waals surface area contributed by atoms with Crippen molar-refractivity contribution in [2.45, 2.75) is 6.54 Å². The number of amides is 2. The van der Waals surface area contributed by atoms with Crippen molar-refractivity contribution in [1.82, 2.24) is 10.6 Å². The Bertz CT molecular complexity index is 520. The monoisotopic (exact) mass is 287 g/mol. The van der Waals surface area contributed by atoms with Crippen molar-refractivity contribution in [1.29, 1.82) is 0 Å². The lowest BCUT2D eigenvalue weighted by atomic mass is 10.2. The Hall–Kier alpha value is -2.35. The van der Waals surface area contributed by atoms with E-state index < -0.39 is 23.5 Å². The Balaban J connectivity index is 2.66. The maximum absolute atomic E-state index is 11.2. The number of carboxylic acids is 1. The zero-order chi connectivity index (χ0) is 14.4. The van der Waals surface area contributed by atoms with Crippen LogP contribution in [0, 0.1) is 10.1 Å². The molecule has 0 aliphatic rings. The van der Waals surface area contributed by atoms with Crippen LogP contribution in [0.15, 0.2) is 18.2 Å². The first kappa shape index (κ1) is 14.7. The van der Waals surface area contributed by atoms with Gasteiger partial charge in [-0.25, -0.2) is 4.79 Å². The second-order valence-corrected chi connectivity index (χ2v) is 3.90. The molecule has 9 heteroatoms. The van der Waals surface area contributed by atoms with Crippen molar-refractivity contribution >= 4 is 29.3 Å². The minimum atomic E-state index is -1.19. The standard InChI is InChI=1S/C10H10ClN3O5/c11-7-1-2-8(14(18)19)6(3-7)4-12-10(17)13-5-9(15)16/h1-3H,4-5H2,(H,15,16)(H2,12,13,17). The molecule has 0 aliphatic carbocycles. The number of nitrogens with zero attached hydrogens (tertiary/aromatic N) is 1. The molecule has 0 aromatic heterocycles. The normalized spacial score (nSPS) is 9.74. The van der Waals surface area contributed by atoms with Gasteiger partial charge in [0.15, 0.2) is 0 Å². The number of halogens is 1. The van der Waals surface area contributed by atoms with Crippen molar-refractivity contribution in [2.75, 3.05) is 6.54 Å². The van der Waals surface area contributed by atoms with Crippen molar-refractivity contribution in [3.05, 3.63) is 38.9 Å². The Morgan fingerprint density at radius 2 is 2.05 bits per heavy atom. The van der Waals surface area contributed by atoms with Gasteiger partial charge in [0.2, 0.25) is 0 Å². The minimum absolute atomic E-state index is 0.137. The van der Waals surface area contributed by atoms with Gasteiger partial charge in [-0.1, -0.05) is 11.6 Å². The van der Waals surface area contributed by atoms with E-state index in [0.717, 1.165) is 0 Å². The Labute approximate surface area is 112 Å². The second kappa shape index (κ2) is 6.55. The summed E-state index contributed by atoms with van der Waals surface area (Å²) in [5.74, 6) is -1.19. The number of aliphatic carboxylic acids is 1. The van der Waals surface area contributed by atoms with Crippen molar-refractivity contribution < 1.29 is 19.6 Å². The topological polar surface area (TPSA) is 122 Å². The fraction of sp³-hybridized carbons (Fsp3) is 0.200. The van der Waals surface area contributed by atoms with Gasteiger partial charge in [-0.3, -0.25) is 14.9 Å². The van der Waals surface area contributed by atoms with Gasteiger partial charge < -0.3 is 15.7 Å². The summed E-state index contributed by atoms with van der Waals surface area (Å²) < 4.78 is 0. The first-order valence-electron chi connectivity index (χ1n) is 5.06. The van der Waals surface area contributed by atoms with Gasteiger partial charge in [0.1, 0.15) is 6.54 Å². The van der Waals surface area contributed by atoms with E-state index >= 15 is 0 Å². The molecule has 8 nitrogen and oxygen atoms in total. The van der Waals surface area contributed by atoms with Gasteiger partial charge in [-0.05, 0) is 12.1 Å². The lowest BCUT2D eigenvalue weighted by Crippen LogP contribution is -2.38. The average molecular weight is 288 g/mol. The number of urea groups is 1. The first-order valence-corrected chi connectivity index (χ1v) is 5.44. The van der Waals surface area contributed by atoms with Crippen molar-refractivity contribution in [2.24, 2.45) is 0 Å². The fourth-order valence-electron chi connectivity index (χ4n) is 1.27. The van der Waals surface area contributed by atoms with Crippen LogP contribution in [0.2, 0.25) is 5.02 Å². The highest BCUT2D eigenvalue weighted by atomic mass is 35.5. The van der Waals surface area contributed by atoms with Crippen LogP contribution in [0.1, 0.15) is 5.56 Å². The molecule has 2 amide bonds. The molecule has 0 saturated heterocycles. The van der Waals surface area contributed by atoms with Gasteiger partial charge in [-0.2, -0.15) is 0 Å². The highest BCUT2D eigenvalue weighted by Gasteiger charge is 2.14. The minimum Gasteiger partial charge on any atom is -0.480 e. The molecule has 0 aliphatic heterocycles. The van der Waals surface area contributed by atoms with Crippen LogP contribution in [0.5, 0.6) is 0 Å².